The lowest BCUT2D eigenvalue weighted by molar-refractivity contribution is 0.712. The van der Waals surface area contributed by atoms with Crippen molar-refractivity contribution in [3.05, 3.63) is 53.8 Å². The van der Waals surface area contributed by atoms with Gasteiger partial charge in [-0.25, -0.2) is 0 Å². The van der Waals surface area contributed by atoms with Gasteiger partial charge in [0.25, 0.3) is 0 Å². The molecule has 1 aliphatic carbocycles. The predicted octanol–water partition coefficient (Wildman–Crippen LogP) is 4.20. The monoisotopic (exact) mass is 242 g/mol. The molecule has 1 aromatic carbocycles. The third-order valence-electron chi connectivity index (χ3n) is 3.56. The lowest BCUT2D eigenvalue weighted by Gasteiger charge is -2.19. The molecule has 0 nitrogen and oxygen atoms in total. The SMILES string of the molecule is C[Si](C)(C=CC1=CCCCC1)c1ccccc1. The molecule has 0 amide bonds. The molecule has 90 valence electrons. The van der Waals surface area contributed by atoms with Crippen molar-refractivity contribution in [3.63, 3.8) is 0 Å². The Balaban J connectivity index is 2.11. The van der Waals surface area contributed by atoms with Crippen molar-refractivity contribution in [3.8, 4) is 0 Å². The molecule has 0 unspecified atom stereocenters. The summed E-state index contributed by atoms with van der Waals surface area (Å²) in [5, 5.41) is 1.52. The minimum atomic E-state index is -1.38. The Labute approximate surface area is 106 Å². The molecule has 0 aliphatic heterocycles. The zero-order valence-corrected chi connectivity index (χ0v) is 11.9. The van der Waals surface area contributed by atoms with Crippen molar-refractivity contribution >= 4 is 13.3 Å². The second-order valence-corrected chi connectivity index (χ2v) is 9.80. The van der Waals surface area contributed by atoms with E-state index in [0.29, 0.717) is 0 Å². The van der Waals surface area contributed by atoms with E-state index in [1.165, 1.54) is 30.9 Å². The van der Waals surface area contributed by atoms with Crippen LogP contribution in [0.4, 0.5) is 0 Å². The summed E-state index contributed by atoms with van der Waals surface area (Å²) < 4.78 is 0. The van der Waals surface area contributed by atoms with E-state index < -0.39 is 8.07 Å². The van der Waals surface area contributed by atoms with Gasteiger partial charge in [0.2, 0.25) is 0 Å². The second kappa shape index (κ2) is 5.50. The van der Waals surface area contributed by atoms with Gasteiger partial charge in [0, 0.05) is 0 Å². The van der Waals surface area contributed by atoms with E-state index >= 15 is 0 Å². The zero-order valence-electron chi connectivity index (χ0n) is 10.9. The summed E-state index contributed by atoms with van der Waals surface area (Å²) in [6.07, 6.45) is 10.1. The van der Waals surface area contributed by atoms with Crippen LogP contribution in [0.5, 0.6) is 0 Å². The van der Waals surface area contributed by atoms with E-state index in [-0.39, 0.29) is 0 Å². The highest BCUT2D eigenvalue weighted by molar-refractivity contribution is 6.93. The fraction of sp³-hybridized carbons (Fsp3) is 0.375. The van der Waals surface area contributed by atoms with Gasteiger partial charge < -0.3 is 0 Å². The molecule has 1 heteroatoms. The molecule has 0 atom stereocenters. The van der Waals surface area contributed by atoms with Gasteiger partial charge in [-0.15, -0.1) is 0 Å². The first-order valence-corrected chi connectivity index (χ1v) is 9.70. The minimum Gasteiger partial charge on any atom is -0.0900 e. The molecular formula is C16H22Si. The molecule has 0 N–H and O–H groups in total. The van der Waals surface area contributed by atoms with Gasteiger partial charge in [-0.1, -0.05) is 72.0 Å². The normalized spacial score (nSPS) is 17.2. The minimum absolute atomic E-state index is 1.27. The van der Waals surface area contributed by atoms with Gasteiger partial charge in [-0.05, 0) is 25.7 Å². The number of benzene rings is 1. The Morgan fingerprint density at radius 1 is 1.06 bits per heavy atom. The molecule has 17 heavy (non-hydrogen) atoms. The van der Waals surface area contributed by atoms with E-state index in [2.05, 4.69) is 61.3 Å². The van der Waals surface area contributed by atoms with Crippen LogP contribution in [0.3, 0.4) is 0 Å². The highest BCUT2D eigenvalue weighted by atomic mass is 28.3. The van der Waals surface area contributed by atoms with Crippen LogP contribution in [-0.4, -0.2) is 8.07 Å². The first-order chi connectivity index (χ1) is 8.18. The largest absolute Gasteiger partial charge is 0.104 e. The van der Waals surface area contributed by atoms with Crippen LogP contribution < -0.4 is 5.19 Å². The smallest absolute Gasteiger partial charge is 0.0900 e. The van der Waals surface area contributed by atoms with E-state index in [1.807, 2.05) is 0 Å². The summed E-state index contributed by atoms with van der Waals surface area (Å²) in [6, 6.07) is 10.9. The molecular weight excluding hydrogens is 220 g/mol. The molecule has 2 rings (SSSR count). The molecule has 0 aromatic heterocycles. The average Bonchev–Trinajstić information content (AvgIpc) is 2.39. The Morgan fingerprint density at radius 3 is 2.47 bits per heavy atom. The fourth-order valence-electron chi connectivity index (χ4n) is 2.29. The molecule has 0 spiro atoms. The van der Waals surface area contributed by atoms with Crippen molar-refractivity contribution in [2.24, 2.45) is 0 Å². The number of hydrogen-bond acceptors (Lipinski definition) is 0. The third kappa shape index (κ3) is 3.44. The lowest BCUT2D eigenvalue weighted by atomic mass is 10.00. The third-order valence-corrected chi connectivity index (χ3v) is 6.38. The fourth-order valence-corrected chi connectivity index (χ4v) is 4.17. The van der Waals surface area contributed by atoms with Gasteiger partial charge in [0.1, 0.15) is 8.07 Å². The number of allylic oxidation sites excluding steroid dienone is 3. The van der Waals surface area contributed by atoms with Crippen molar-refractivity contribution in [1.29, 1.82) is 0 Å². The van der Waals surface area contributed by atoms with Crippen LogP contribution in [-0.2, 0) is 0 Å². The van der Waals surface area contributed by atoms with E-state index in [9.17, 15) is 0 Å². The lowest BCUT2D eigenvalue weighted by Crippen LogP contribution is -2.39. The first-order valence-electron chi connectivity index (χ1n) is 6.62. The quantitative estimate of drug-likeness (QED) is 0.697. The molecule has 0 fully saturated rings. The summed E-state index contributed by atoms with van der Waals surface area (Å²) >= 11 is 0. The van der Waals surface area contributed by atoms with Gasteiger partial charge in [-0.2, -0.15) is 0 Å². The summed E-state index contributed by atoms with van der Waals surface area (Å²) in [5.41, 5.74) is 4.03. The molecule has 1 aromatic rings. The predicted molar refractivity (Wildman–Crippen MR) is 79.2 cm³/mol. The summed E-state index contributed by atoms with van der Waals surface area (Å²) in [6.45, 7) is 4.84. The van der Waals surface area contributed by atoms with Gasteiger partial charge in [0.05, 0.1) is 0 Å². The molecule has 0 bridgehead atoms. The molecule has 0 radical (unpaired) electrons. The van der Waals surface area contributed by atoms with Crippen molar-refractivity contribution < 1.29 is 0 Å². The van der Waals surface area contributed by atoms with Crippen LogP contribution >= 0.6 is 0 Å². The molecule has 0 heterocycles. The standard InChI is InChI=1S/C16H22Si/c1-17(2,16-11-7-4-8-12-16)14-13-15-9-5-3-6-10-15/h4,7-9,11-14H,3,5-6,10H2,1-2H3. The van der Waals surface area contributed by atoms with Gasteiger partial charge in [0.15, 0.2) is 0 Å². The highest BCUT2D eigenvalue weighted by Crippen LogP contribution is 2.19. The van der Waals surface area contributed by atoms with Crippen molar-refractivity contribution in [2.75, 3.05) is 0 Å². The van der Waals surface area contributed by atoms with Crippen LogP contribution in [0.2, 0.25) is 13.1 Å². The van der Waals surface area contributed by atoms with Crippen molar-refractivity contribution in [2.45, 2.75) is 38.8 Å². The first kappa shape index (κ1) is 12.4. The number of hydrogen-bond donors (Lipinski definition) is 0. The Bertz CT molecular complexity index is 412. The Hall–Kier alpha value is -1.08. The van der Waals surface area contributed by atoms with E-state index in [1.54, 1.807) is 5.57 Å². The molecule has 0 saturated carbocycles. The van der Waals surface area contributed by atoms with E-state index in [0.717, 1.165) is 0 Å². The zero-order chi connectivity index (χ0) is 12.1. The van der Waals surface area contributed by atoms with E-state index in [4.69, 9.17) is 0 Å². The maximum Gasteiger partial charge on any atom is 0.104 e. The average molecular weight is 242 g/mol. The number of rotatable bonds is 3. The summed E-state index contributed by atoms with van der Waals surface area (Å²) in [4.78, 5) is 0. The van der Waals surface area contributed by atoms with Gasteiger partial charge in [-0.3, -0.25) is 0 Å². The van der Waals surface area contributed by atoms with Crippen LogP contribution in [0.15, 0.2) is 53.8 Å². The molecule has 1 aliphatic rings. The van der Waals surface area contributed by atoms with Gasteiger partial charge >= 0.3 is 0 Å². The topological polar surface area (TPSA) is 0 Å². The summed E-state index contributed by atoms with van der Waals surface area (Å²) in [7, 11) is -1.38. The second-order valence-electron chi connectivity index (χ2n) is 5.45. The maximum absolute atomic E-state index is 2.49. The Kier molecular flexibility index (Phi) is 4.00. The summed E-state index contributed by atoms with van der Waals surface area (Å²) in [5.74, 6) is 0. The molecule has 0 saturated heterocycles. The Morgan fingerprint density at radius 2 is 1.82 bits per heavy atom. The van der Waals surface area contributed by atoms with Crippen LogP contribution in [0, 0.1) is 0 Å². The van der Waals surface area contributed by atoms with Crippen molar-refractivity contribution in [1.82, 2.24) is 0 Å². The van der Waals surface area contributed by atoms with Crippen LogP contribution in [0.25, 0.3) is 0 Å². The highest BCUT2D eigenvalue weighted by Gasteiger charge is 2.19. The maximum atomic E-state index is 2.49. The van der Waals surface area contributed by atoms with Crippen LogP contribution in [0.1, 0.15) is 25.7 Å².